The van der Waals surface area contributed by atoms with Crippen molar-refractivity contribution < 1.29 is 54.8 Å². The van der Waals surface area contributed by atoms with E-state index in [4.69, 9.17) is 28.4 Å². The number of rotatable bonds is 12. The number of aryl methyl sites for hydroxylation is 6. The molecule has 0 aromatic heterocycles. The molecule has 0 saturated carbocycles. The molecule has 6 aliphatic heterocycles. The first-order valence-corrected chi connectivity index (χ1v) is 38.9. The van der Waals surface area contributed by atoms with Crippen LogP contribution >= 0.6 is 0 Å². The number of ether oxygens (including phenoxy) is 6. The van der Waals surface area contributed by atoms with E-state index in [9.17, 15) is 0 Å². The van der Waals surface area contributed by atoms with Gasteiger partial charge >= 0.3 is 12.4 Å². The summed E-state index contributed by atoms with van der Waals surface area (Å²) in [7, 11) is 0. The second-order valence-electron chi connectivity index (χ2n) is 31.6. The molecule has 0 radical (unpaired) electrons. The Morgan fingerprint density at radius 1 is 0.243 bits per heavy atom. The van der Waals surface area contributed by atoms with Gasteiger partial charge < -0.3 is 57.8 Å². The van der Waals surface area contributed by atoms with Crippen LogP contribution in [-0.2, 0) is 56.5 Å². The summed E-state index contributed by atoms with van der Waals surface area (Å²) >= 11 is 0. The van der Waals surface area contributed by atoms with Crippen LogP contribution in [-0.4, -0.2) is 52.7 Å². The number of hydrogen-bond donors (Lipinski definition) is 0. The van der Waals surface area contributed by atoms with E-state index < -0.39 is 28.9 Å². The summed E-state index contributed by atoms with van der Waals surface area (Å²) < 4.78 is 126. The largest absolute Gasteiger partial charge is 0.473 e. The predicted octanol–water partition coefficient (Wildman–Crippen LogP) is 22.4. The van der Waals surface area contributed by atoms with Gasteiger partial charge in [-0.1, -0.05) is 156 Å². The van der Waals surface area contributed by atoms with E-state index in [-0.39, 0.29) is 54.6 Å². The van der Waals surface area contributed by atoms with Crippen molar-refractivity contribution in [3.8, 4) is 34.5 Å². The fourth-order valence-corrected chi connectivity index (χ4v) is 15.9. The quantitative estimate of drug-likeness (QED) is 0.109. The maximum Gasteiger partial charge on any atom is 0.411 e. The van der Waals surface area contributed by atoms with Crippen molar-refractivity contribution in [1.82, 2.24) is 0 Å². The van der Waals surface area contributed by atoms with Gasteiger partial charge in [-0.25, -0.2) is 0 Å². The van der Waals surface area contributed by atoms with Gasteiger partial charge in [0.15, 0.2) is 40.4 Å². The van der Waals surface area contributed by atoms with Crippen molar-refractivity contribution in [3.63, 3.8) is 0 Å². The van der Waals surface area contributed by atoms with Gasteiger partial charge in [0, 0.05) is 112 Å². The highest BCUT2D eigenvalue weighted by Crippen LogP contribution is 2.58. The average Bonchev–Trinajstić information content (AvgIpc) is 0.708. The van der Waals surface area contributed by atoms with E-state index in [1.165, 1.54) is 102 Å². The molecule has 0 fully saturated rings. The van der Waals surface area contributed by atoms with Crippen LogP contribution in [0.25, 0.3) is 0 Å². The van der Waals surface area contributed by atoms with Gasteiger partial charge in [0.25, 0.3) is 0 Å². The molecule has 18 rings (SSSR count). The van der Waals surface area contributed by atoms with Crippen LogP contribution in [0, 0.1) is 41.5 Å². The molecular formula is C97H92F6N6O6. The van der Waals surface area contributed by atoms with Crippen LogP contribution in [0.15, 0.2) is 255 Å². The fourth-order valence-electron chi connectivity index (χ4n) is 15.9. The van der Waals surface area contributed by atoms with Gasteiger partial charge in [-0.15, -0.1) is 0 Å². The SMILES string of the molecule is Cc1ccc(N2COc3ccc(C(C)(C)c4ccc5c(c4)CN(c4ccc(C)cc4)CO5)cc3C2)cc1.Cc1ccc(N2COc3ccc(C(c4ccc5c(c4)CN(c4ccc(C)cc4)CO5)(C(F)(F)F)C(F)(F)F)cc3C2)cc1.Cc1ccc(N2COc3ccc(Cc4ccc5c(c4)CN(c4ccc(C)cc4)CO5)cc3C2)cc1. The van der Waals surface area contributed by atoms with Crippen molar-refractivity contribution >= 4 is 34.1 Å². The lowest BCUT2D eigenvalue weighted by atomic mass is 9.72. The third-order valence-electron chi connectivity index (χ3n) is 22.9. The Balaban J connectivity index is 0.000000130. The van der Waals surface area contributed by atoms with E-state index in [2.05, 4.69) is 231 Å². The molecular weight excluding hydrogens is 1460 g/mol. The minimum absolute atomic E-state index is 0.0849. The van der Waals surface area contributed by atoms with E-state index in [0.717, 1.165) is 102 Å². The van der Waals surface area contributed by atoms with Crippen LogP contribution in [0.1, 0.15) is 114 Å². The zero-order valence-corrected chi connectivity index (χ0v) is 65.8. The number of fused-ring (bicyclic) bond motifs is 6. The standard InChI is InChI=1S/C33H28F6N2O2.C33H34N2O2.C31H30N2O2/c1-21-3-9-27(10-4-21)40-17-23-15-25(7-13-29(23)42-19-40)31(32(34,35)36,33(37,38)39)26-8-14-30-24(16-26)18-41(20-43-30)28-11-5-22(2)6-12-28;1-23-5-11-29(12-6-23)34-19-25-17-27(9-15-31(25)36-21-34)33(3,4)28-10-16-32-26(18-28)20-35(22-37-32)30-13-7-24(2)8-14-30;1-22-3-9-28(10-4-22)32-18-26-16-24(7-13-30(26)34-20-32)15-25-8-14-31-27(17-25)19-33(21-35-31)29-11-5-23(2)6-12-29/h3-16H,17-20H2,1-2H3;5-18H,19-22H2,1-4H3;3-14,16-17H,15,18-21H2,1-2H3. The Morgan fingerprint density at radius 2 is 0.435 bits per heavy atom. The molecule has 12 aromatic rings. The Kier molecular flexibility index (Phi) is 21.1. The Morgan fingerprint density at radius 3 is 0.652 bits per heavy atom. The molecule has 588 valence electrons. The average molecular weight is 1550 g/mol. The van der Waals surface area contributed by atoms with Crippen molar-refractivity contribution in [1.29, 1.82) is 0 Å². The minimum atomic E-state index is -5.72. The lowest BCUT2D eigenvalue weighted by Crippen LogP contribution is -2.55. The Bertz CT molecular complexity index is 5150. The molecule has 0 atom stereocenters. The number of halogens is 6. The highest BCUT2D eigenvalue weighted by atomic mass is 19.4. The molecule has 0 N–H and O–H groups in total. The molecule has 0 amide bonds. The molecule has 0 bridgehead atoms. The Hall–Kier alpha value is -12.2. The number of nitrogens with zero attached hydrogens (tertiary/aromatic N) is 6. The summed E-state index contributed by atoms with van der Waals surface area (Å²) in [5.74, 6) is 4.44. The lowest BCUT2D eigenvalue weighted by molar-refractivity contribution is -0.288. The van der Waals surface area contributed by atoms with Crippen LogP contribution in [0.5, 0.6) is 34.5 Å². The van der Waals surface area contributed by atoms with E-state index in [1.54, 1.807) is 9.80 Å². The second-order valence-corrected chi connectivity index (χ2v) is 31.6. The summed E-state index contributed by atoms with van der Waals surface area (Å²) in [6.45, 7) is 23.0. The third-order valence-corrected chi connectivity index (χ3v) is 22.9. The van der Waals surface area contributed by atoms with Gasteiger partial charge in [-0.3, -0.25) is 0 Å². The monoisotopic (exact) mass is 1550 g/mol. The summed E-state index contributed by atoms with van der Waals surface area (Å²) in [5, 5.41) is 0. The molecule has 12 nitrogen and oxygen atoms in total. The minimum Gasteiger partial charge on any atom is -0.473 e. The second kappa shape index (κ2) is 31.7. The van der Waals surface area contributed by atoms with Crippen LogP contribution in [0.3, 0.4) is 0 Å². The van der Waals surface area contributed by atoms with Gasteiger partial charge in [0.1, 0.15) is 34.5 Å². The molecule has 115 heavy (non-hydrogen) atoms. The number of hydrogen-bond acceptors (Lipinski definition) is 12. The number of alkyl halides is 6. The molecule has 0 saturated heterocycles. The van der Waals surface area contributed by atoms with Gasteiger partial charge in [0.05, 0.1) is 0 Å². The summed E-state index contributed by atoms with van der Waals surface area (Å²) in [6.07, 6.45) is -10.5. The zero-order valence-electron chi connectivity index (χ0n) is 65.8. The molecule has 0 unspecified atom stereocenters. The highest BCUT2D eigenvalue weighted by Gasteiger charge is 2.73. The molecule has 0 aliphatic carbocycles. The first-order chi connectivity index (χ1) is 55.3. The van der Waals surface area contributed by atoms with E-state index in [0.29, 0.717) is 26.9 Å². The normalized spacial score (nSPS) is 15.0. The zero-order chi connectivity index (χ0) is 79.9. The maximum atomic E-state index is 15.1. The molecule has 18 heteroatoms. The molecule has 12 aromatic carbocycles. The number of benzene rings is 12. The van der Waals surface area contributed by atoms with Crippen LogP contribution in [0.2, 0.25) is 0 Å². The molecule has 6 aliphatic rings. The van der Waals surface area contributed by atoms with Gasteiger partial charge in [0.2, 0.25) is 5.41 Å². The van der Waals surface area contributed by atoms with Gasteiger partial charge in [-0.2, -0.15) is 26.3 Å². The first-order valence-electron chi connectivity index (χ1n) is 38.9. The summed E-state index contributed by atoms with van der Waals surface area (Å²) in [4.78, 5) is 12.6. The van der Waals surface area contributed by atoms with Crippen molar-refractivity contribution in [3.05, 3.63) is 355 Å². The first kappa shape index (κ1) is 76.8. The van der Waals surface area contributed by atoms with Crippen LogP contribution in [0.4, 0.5) is 60.5 Å². The van der Waals surface area contributed by atoms with E-state index in [1.807, 2.05) is 62.4 Å². The molecule has 0 spiro atoms. The summed E-state index contributed by atoms with van der Waals surface area (Å²) in [5.41, 5.74) is 17.6. The van der Waals surface area contributed by atoms with Crippen molar-refractivity contribution in [2.45, 2.75) is 124 Å². The highest BCUT2D eigenvalue weighted by molar-refractivity contribution is 5.61. The maximum absolute atomic E-state index is 15.1. The predicted molar refractivity (Wildman–Crippen MR) is 444 cm³/mol. The van der Waals surface area contributed by atoms with Crippen molar-refractivity contribution in [2.75, 3.05) is 69.8 Å². The van der Waals surface area contributed by atoms with E-state index >= 15 is 26.3 Å². The topological polar surface area (TPSA) is 74.8 Å². The lowest BCUT2D eigenvalue weighted by Gasteiger charge is -2.40. The smallest absolute Gasteiger partial charge is 0.411 e. The number of anilines is 6. The van der Waals surface area contributed by atoms with Gasteiger partial charge in [-0.05, 0) is 227 Å². The Labute approximate surface area is 668 Å². The molecule has 6 heterocycles. The third kappa shape index (κ3) is 16.3. The van der Waals surface area contributed by atoms with Crippen molar-refractivity contribution in [2.24, 2.45) is 0 Å². The van der Waals surface area contributed by atoms with Crippen LogP contribution < -0.4 is 57.8 Å². The summed E-state index contributed by atoms with van der Waals surface area (Å²) in [6, 6.07) is 82.1. The fraction of sp³-hybridized carbons (Fsp3) is 0.258.